The molecule has 0 bridgehead atoms. The van der Waals surface area contributed by atoms with Gasteiger partial charge in [0.2, 0.25) is 0 Å². The van der Waals surface area contributed by atoms with Gasteiger partial charge in [0.1, 0.15) is 45.3 Å². The van der Waals surface area contributed by atoms with Gasteiger partial charge in [0, 0.05) is 10.8 Å². The highest BCUT2D eigenvalue weighted by Crippen LogP contribution is 2.43. The zero-order valence-electron chi connectivity index (χ0n) is 34.1. The Hall–Kier alpha value is -8.16. The maximum absolute atomic E-state index is 12.7. The van der Waals surface area contributed by atoms with E-state index in [1.807, 2.05) is 0 Å². The predicted octanol–water partition coefficient (Wildman–Crippen LogP) is 4.79. The van der Waals surface area contributed by atoms with Crippen LogP contribution in [0.15, 0.2) is 48.5 Å². The molecule has 0 saturated heterocycles. The minimum atomic E-state index is -1.71. The van der Waals surface area contributed by atoms with Gasteiger partial charge in [0.25, 0.3) is 0 Å². The van der Waals surface area contributed by atoms with Crippen LogP contribution >= 0.6 is 0 Å². The van der Waals surface area contributed by atoms with E-state index in [4.69, 9.17) is 18.9 Å². The number of carbonyl (C=O) groups excluding carboxylic acids is 4. The fourth-order valence-electron chi connectivity index (χ4n) is 6.86. The summed E-state index contributed by atoms with van der Waals surface area (Å²) in [5, 5.41) is 78.0. The van der Waals surface area contributed by atoms with Crippen LogP contribution < -0.4 is 0 Å². The fraction of sp³-hybridized carbons (Fsp3) is 0.238. The summed E-state index contributed by atoms with van der Waals surface area (Å²) in [7, 11) is 4.36. The molecule has 0 aliphatic rings. The molecule has 4 aromatic rings. The van der Waals surface area contributed by atoms with Gasteiger partial charge in [-0.2, -0.15) is 0 Å². The van der Waals surface area contributed by atoms with E-state index in [1.54, 1.807) is 13.8 Å². The molecule has 0 saturated carbocycles. The fourth-order valence-corrected chi connectivity index (χ4v) is 6.86. The van der Waals surface area contributed by atoms with Gasteiger partial charge in [-0.3, -0.25) is 0 Å². The molecule has 0 amide bonds. The molecular weight excluding hydrogens is 824 g/mol. The molecule has 0 heterocycles. The summed E-state index contributed by atoms with van der Waals surface area (Å²) in [6.07, 6.45) is 0. The topological polar surface area (TPSA) is 335 Å². The Balaban J connectivity index is 0.000000333. The van der Waals surface area contributed by atoms with E-state index in [0.717, 1.165) is 52.7 Å². The van der Waals surface area contributed by atoms with Crippen LogP contribution in [0.3, 0.4) is 0 Å². The highest BCUT2D eigenvalue weighted by molar-refractivity contribution is 6.09. The number of aromatic carboxylic acids is 4. The lowest BCUT2D eigenvalue weighted by Crippen LogP contribution is -2.29. The molecule has 0 unspecified atom stereocenters. The van der Waals surface area contributed by atoms with Crippen LogP contribution in [-0.4, -0.2) is 117 Å². The molecular formula is C42H40O20. The second-order valence-electron chi connectivity index (χ2n) is 14.0. The molecule has 328 valence electrons. The number of ether oxygens (including phenoxy) is 4. The maximum Gasteiger partial charge on any atom is 0.342 e. The van der Waals surface area contributed by atoms with E-state index in [9.17, 15) is 79.2 Å². The van der Waals surface area contributed by atoms with Crippen molar-refractivity contribution in [2.45, 2.75) is 38.5 Å². The van der Waals surface area contributed by atoms with E-state index in [-0.39, 0.29) is 33.4 Å². The lowest BCUT2D eigenvalue weighted by atomic mass is 9.72. The van der Waals surface area contributed by atoms with Crippen molar-refractivity contribution < 1.29 is 98.2 Å². The minimum absolute atomic E-state index is 0.166. The van der Waals surface area contributed by atoms with E-state index in [1.165, 1.54) is 38.1 Å². The summed E-state index contributed by atoms with van der Waals surface area (Å²) in [5.74, 6) is -13.3. The van der Waals surface area contributed by atoms with Gasteiger partial charge in [-0.1, -0.05) is 52.0 Å². The van der Waals surface area contributed by atoms with Crippen LogP contribution in [0.4, 0.5) is 0 Å². The third kappa shape index (κ3) is 8.74. The molecule has 62 heavy (non-hydrogen) atoms. The van der Waals surface area contributed by atoms with E-state index in [2.05, 4.69) is 0 Å². The third-order valence-corrected chi connectivity index (χ3v) is 9.84. The van der Waals surface area contributed by atoms with E-state index >= 15 is 0 Å². The van der Waals surface area contributed by atoms with Gasteiger partial charge in [0.05, 0.1) is 50.7 Å². The van der Waals surface area contributed by atoms with Crippen molar-refractivity contribution in [3.63, 3.8) is 0 Å². The minimum Gasteiger partial charge on any atom is -0.507 e. The standard InChI is InChI=1S/C23H24O10.C19H16O10/c1-23(2,11-7-9-13(24)17(21(28)32-5)15(11)19(26)30-3)12-8-10-14(25)18(22(29)33-6)16(12)20(27)31-4;1-19(2,7-3-5-9(20)13(17(26)27)11(7)15(22)23)8-4-6-10(21)14(18(28)29)12(8)16(24)25/h7-10,24-25H,1-6H3;3-6,20-21H,1-2H3,(H,22,23)(H,24,25)(H,26,27)(H,28,29). The smallest absolute Gasteiger partial charge is 0.342 e. The number of hydrogen-bond acceptors (Lipinski definition) is 16. The van der Waals surface area contributed by atoms with Crippen molar-refractivity contribution in [2.24, 2.45) is 0 Å². The lowest BCUT2D eigenvalue weighted by Gasteiger charge is -2.31. The highest BCUT2D eigenvalue weighted by atomic mass is 16.5. The molecule has 20 nitrogen and oxygen atoms in total. The molecule has 0 aliphatic carbocycles. The third-order valence-electron chi connectivity index (χ3n) is 9.84. The zero-order valence-corrected chi connectivity index (χ0v) is 34.1. The first-order valence-electron chi connectivity index (χ1n) is 17.5. The summed E-state index contributed by atoms with van der Waals surface area (Å²) < 4.78 is 19.1. The Morgan fingerprint density at radius 2 is 0.532 bits per heavy atom. The Morgan fingerprint density at radius 3 is 0.742 bits per heavy atom. The van der Waals surface area contributed by atoms with Crippen molar-refractivity contribution in [2.75, 3.05) is 28.4 Å². The van der Waals surface area contributed by atoms with Crippen LogP contribution in [0.5, 0.6) is 23.0 Å². The quantitative estimate of drug-likeness (QED) is 0.0701. The van der Waals surface area contributed by atoms with Crippen molar-refractivity contribution >= 4 is 47.8 Å². The number of aromatic hydroxyl groups is 4. The van der Waals surface area contributed by atoms with Crippen molar-refractivity contribution in [1.82, 2.24) is 0 Å². The molecule has 0 spiro atoms. The Kier molecular flexibility index (Phi) is 14.3. The Labute approximate surface area is 350 Å². The van der Waals surface area contributed by atoms with Crippen LogP contribution in [-0.2, 0) is 29.8 Å². The molecule has 0 fully saturated rings. The highest BCUT2D eigenvalue weighted by Gasteiger charge is 2.40. The lowest BCUT2D eigenvalue weighted by molar-refractivity contribution is 0.0547. The second-order valence-corrected chi connectivity index (χ2v) is 14.0. The average molecular weight is 865 g/mol. The molecule has 4 aromatic carbocycles. The Morgan fingerprint density at radius 1 is 0.339 bits per heavy atom. The molecule has 0 atom stereocenters. The summed E-state index contributed by atoms with van der Waals surface area (Å²) >= 11 is 0. The molecule has 20 heteroatoms. The first-order valence-corrected chi connectivity index (χ1v) is 17.5. The number of rotatable bonds is 12. The molecule has 0 aliphatic heterocycles. The van der Waals surface area contributed by atoms with Crippen LogP contribution in [0, 0.1) is 0 Å². The number of carbonyl (C=O) groups is 8. The monoisotopic (exact) mass is 864 g/mol. The molecule has 4 rings (SSSR count). The number of carboxylic acid groups (broad SMARTS) is 4. The maximum atomic E-state index is 12.7. The normalized spacial score (nSPS) is 11.0. The zero-order chi connectivity index (χ0) is 47.3. The van der Waals surface area contributed by atoms with Crippen molar-refractivity contribution in [3.05, 3.63) is 115 Å². The van der Waals surface area contributed by atoms with Crippen LogP contribution in [0.2, 0.25) is 0 Å². The van der Waals surface area contributed by atoms with Gasteiger partial charge in [-0.15, -0.1) is 0 Å². The first-order chi connectivity index (χ1) is 28.8. The van der Waals surface area contributed by atoms with Gasteiger partial charge >= 0.3 is 47.8 Å². The Bertz CT molecular complexity index is 2370. The first kappa shape index (κ1) is 48.2. The second kappa shape index (κ2) is 18.4. The van der Waals surface area contributed by atoms with Crippen molar-refractivity contribution in [1.29, 1.82) is 0 Å². The number of esters is 4. The average Bonchev–Trinajstić information content (AvgIpc) is 3.21. The number of carboxylic acids is 4. The number of phenolic OH excluding ortho intramolecular Hbond substituents is 2. The summed E-state index contributed by atoms with van der Waals surface area (Å²) in [5.41, 5.74) is -7.62. The summed E-state index contributed by atoms with van der Waals surface area (Å²) in [6.45, 7) is 5.93. The molecule has 8 N–H and O–H groups in total. The van der Waals surface area contributed by atoms with Gasteiger partial charge in [-0.05, 0) is 46.5 Å². The van der Waals surface area contributed by atoms with E-state index < -0.39 is 115 Å². The molecule has 0 aromatic heterocycles. The van der Waals surface area contributed by atoms with Crippen LogP contribution in [0.1, 0.15) is 133 Å². The SMILES string of the molecule is CC(C)(c1ccc(O)c(C(=O)O)c1C(=O)O)c1ccc(O)c(C(=O)O)c1C(=O)O.COC(=O)c1c(O)ccc(C(C)(C)c2ccc(O)c(C(=O)OC)c2C(=O)OC)c1C(=O)OC. The largest absolute Gasteiger partial charge is 0.507 e. The predicted molar refractivity (Wildman–Crippen MR) is 210 cm³/mol. The van der Waals surface area contributed by atoms with Gasteiger partial charge in [0.15, 0.2) is 0 Å². The van der Waals surface area contributed by atoms with Gasteiger partial charge < -0.3 is 59.8 Å². The number of benzene rings is 4. The van der Waals surface area contributed by atoms with Gasteiger partial charge in [-0.25, -0.2) is 38.4 Å². The number of phenols is 4. The van der Waals surface area contributed by atoms with Crippen LogP contribution in [0.25, 0.3) is 0 Å². The number of hydrogen-bond donors (Lipinski definition) is 8. The van der Waals surface area contributed by atoms with E-state index in [0.29, 0.717) is 0 Å². The van der Waals surface area contributed by atoms with Crippen molar-refractivity contribution in [3.8, 4) is 23.0 Å². The molecule has 0 radical (unpaired) electrons. The summed E-state index contributed by atoms with van der Waals surface area (Å²) in [6, 6.07) is 9.26. The number of methoxy groups -OCH3 is 4. The summed E-state index contributed by atoms with van der Waals surface area (Å²) in [4.78, 5) is 96.8.